The van der Waals surface area contributed by atoms with E-state index in [-0.39, 0.29) is 17.3 Å². The molecule has 2 heterocycles. The summed E-state index contributed by atoms with van der Waals surface area (Å²) in [6.07, 6.45) is 3.12. The van der Waals surface area contributed by atoms with Crippen LogP contribution in [0.5, 0.6) is 5.75 Å². The van der Waals surface area contributed by atoms with Gasteiger partial charge in [0.05, 0.1) is 18.3 Å². The fraction of sp³-hybridized carbons (Fsp3) is 0.176. The van der Waals surface area contributed by atoms with E-state index in [4.69, 9.17) is 25.5 Å². The van der Waals surface area contributed by atoms with Gasteiger partial charge in [0.1, 0.15) is 17.9 Å². The average molecular weight is 393 g/mol. The third kappa shape index (κ3) is 3.81. The van der Waals surface area contributed by atoms with Crippen molar-refractivity contribution in [3.8, 4) is 5.75 Å². The molecule has 26 heavy (non-hydrogen) atoms. The van der Waals surface area contributed by atoms with Crippen molar-refractivity contribution in [1.29, 1.82) is 0 Å². The predicted molar refractivity (Wildman–Crippen MR) is 97.0 cm³/mol. The first kappa shape index (κ1) is 18.2. The molecule has 0 spiro atoms. The van der Waals surface area contributed by atoms with Crippen molar-refractivity contribution < 1.29 is 18.7 Å². The second-order valence-corrected chi connectivity index (χ2v) is 6.26. The highest BCUT2D eigenvalue weighted by atomic mass is 35.5. The Morgan fingerprint density at radius 2 is 2.15 bits per heavy atom. The van der Waals surface area contributed by atoms with Crippen LogP contribution in [0.15, 0.2) is 44.8 Å². The molecule has 0 atom stereocenters. The van der Waals surface area contributed by atoms with E-state index in [0.29, 0.717) is 27.4 Å². The summed E-state index contributed by atoms with van der Waals surface area (Å²) in [7, 11) is 1.51. The van der Waals surface area contributed by atoms with Crippen LogP contribution in [0.1, 0.15) is 16.1 Å². The Balaban J connectivity index is 1.88. The van der Waals surface area contributed by atoms with Crippen LogP contribution in [0.4, 0.5) is 0 Å². The van der Waals surface area contributed by atoms with E-state index >= 15 is 0 Å². The largest absolute Gasteiger partial charge is 0.497 e. The van der Waals surface area contributed by atoms with Crippen LogP contribution >= 0.6 is 23.4 Å². The molecule has 9 heteroatoms. The number of ether oxygens (including phenoxy) is 2. The number of halogens is 1. The summed E-state index contributed by atoms with van der Waals surface area (Å²) in [6, 6.07) is 6.31. The number of hydrogen-bond donors (Lipinski definition) is 0. The number of esters is 1. The predicted octanol–water partition coefficient (Wildman–Crippen LogP) is 3.32. The smallest absolute Gasteiger partial charge is 0.358 e. The van der Waals surface area contributed by atoms with Gasteiger partial charge in [0.15, 0.2) is 10.9 Å². The van der Waals surface area contributed by atoms with E-state index in [0.717, 1.165) is 0 Å². The molecule has 0 saturated heterocycles. The molecular formula is C17H13ClN2O5S. The summed E-state index contributed by atoms with van der Waals surface area (Å²) in [5, 5.41) is 1.13. The van der Waals surface area contributed by atoms with Crippen molar-refractivity contribution in [2.45, 2.75) is 11.8 Å². The molecule has 2 aromatic heterocycles. The van der Waals surface area contributed by atoms with E-state index in [1.807, 2.05) is 0 Å². The van der Waals surface area contributed by atoms with Crippen LogP contribution in [-0.2, 0) is 11.3 Å². The molecule has 3 rings (SSSR count). The van der Waals surface area contributed by atoms with Gasteiger partial charge < -0.3 is 13.9 Å². The van der Waals surface area contributed by atoms with E-state index in [1.165, 1.54) is 31.1 Å². The number of methoxy groups -OCH3 is 1. The molecule has 134 valence electrons. The summed E-state index contributed by atoms with van der Waals surface area (Å²) in [6.45, 7) is -0.137. The second kappa shape index (κ2) is 7.76. The van der Waals surface area contributed by atoms with E-state index in [2.05, 4.69) is 9.97 Å². The molecule has 0 bridgehead atoms. The molecule has 7 nitrogen and oxygen atoms in total. The van der Waals surface area contributed by atoms with Crippen LogP contribution < -0.4 is 10.4 Å². The quantitative estimate of drug-likeness (QED) is 0.282. The topological polar surface area (TPSA) is 91.5 Å². The second-order valence-electron chi connectivity index (χ2n) is 5.08. The SMILES string of the molecule is COc1ccc2c(COC(=O)c3nc(SC)ncc3Cl)cc(=O)oc2c1. The maximum absolute atomic E-state index is 12.3. The number of benzene rings is 1. The fourth-order valence-electron chi connectivity index (χ4n) is 2.26. The summed E-state index contributed by atoms with van der Waals surface area (Å²) in [5.41, 5.74) is 0.261. The lowest BCUT2D eigenvalue weighted by atomic mass is 10.1. The summed E-state index contributed by atoms with van der Waals surface area (Å²) in [4.78, 5) is 32.1. The van der Waals surface area contributed by atoms with Gasteiger partial charge in [-0.2, -0.15) is 0 Å². The van der Waals surface area contributed by atoms with Gasteiger partial charge in [-0.05, 0) is 18.4 Å². The number of hydrogen-bond acceptors (Lipinski definition) is 8. The van der Waals surface area contributed by atoms with Crippen molar-refractivity contribution in [3.05, 3.63) is 57.2 Å². The molecule has 3 aromatic rings. The number of aromatic nitrogens is 2. The molecule has 1 aromatic carbocycles. The maximum atomic E-state index is 12.3. The normalized spacial score (nSPS) is 10.7. The van der Waals surface area contributed by atoms with Crippen LogP contribution in [0.2, 0.25) is 5.02 Å². The van der Waals surface area contributed by atoms with Crippen molar-refractivity contribution in [3.63, 3.8) is 0 Å². The van der Waals surface area contributed by atoms with E-state index < -0.39 is 11.6 Å². The Bertz CT molecular complexity index is 1040. The molecule has 0 fully saturated rings. The zero-order chi connectivity index (χ0) is 18.7. The number of rotatable bonds is 5. The first-order chi connectivity index (χ1) is 12.5. The van der Waals surface area contributed by atoms with Gasteiger partial charge in [-0.15, -0.1) is 0 Å². The molecule has 0 aliphatic rings. The summed E-state index contributed by atoms with van der Waals surface area (Å²) in [5.74, 6) is -0.158. The van der Waals surface area contributed by atoms with E-state index in [1.54, 1.807) is 24.5 Å². The van der Waals surface area contributed by atoms with Gasteiger partial charge in [0.2, 0.25) is 0 Å². The van der Waals surface area contributed by atoms with Crippen LogP contribution in [0.3, 0.4) is 0 Å². The van der Waals surface area contributed by atoms with Crippen LogP contribution in [-0.4, -0.2) is 29.3 Å². The van der Waals surface area contributed by atoms with E-state index in [9.17, 15) is 9.59 Å². The standard InChI is InChI=1S/C17H13ClN2O5S/c1-23-10-3-4-11-9(5-14(21)25-13(11)6-10)8-24-16(22)15-12(18)7-19-17(20-15)26-2/h3-7H,8H2,1-2H3. The first-order valence-electron chi connectivity index (χ1n) is 7.36. The highest BCUT2D eigenvalue weighted by Crippen LogP contribution is 2.24. The minimum atomic E-state index is -0.706. The van der Waals surface area contributed by atoms with Crippen molar-refractivity contribution in [2.24, 2.45) is 0 Å². The van der Waals surface area contributed by atoms with Gasteiger partial charge in [-0.3, -0.25) is 0 Å². The Kier molecular flexibility index (Phi) is 5.43. The molecule has 0 saturated carbocycles. The lowest BCUT2D eigenvalue weighted by molar-refractivity contribution is 0.0466. The van der Waals surface area contributed by atoms with Crippen LogP contribution in [0.25, 0.3) is 11.0 Å². The van der Waals surface area contributed by atoms with Crippen LogP contribution in [0, 0.1) is 0 Å². The van der Waals surface area contributed by atoms with Crippen molar-refractivity contribution >= 4 is 40.3 Å². The zero-order valence-electron chi connectivity index (χ0n) is 13.8. The lowest BCUT2D eigenvalue weighted by Crippen LogP contribution is -2.11. The minimum Gasteiger partial charge on any atom is -0.497 e. The fourth-order valence-corrected chi connectivity index (χ4v) is 2.77. The zero-order valence-corrected chi connectivity index (χ0v) is 15.4. The highest BCUT2D eigenvalue weighted by molar-refractivity contribution is 7.98. The Morgan fingerprint density at radius 1 is 1.35 bits per heavy atom. The van der Waals surface area contributed by atoms with Gasteiger partial charge >= 0.3 is 11.6 Å². The van der Waals surface area contributed by atoms with Gasteiger partial charge in [-0.1, -0.05) is 23.4 Å². The molecule has 0 N–H and O–H groups in total. The van der Waals surface area contributed by atoms with Gasteiger partial charge in [0, 0.05) is 23.1 Å². The van der Waals surface area contributed by atoms with Gasteiger partial charge in [0.25, 0.3) is 0 Å². The van der Waals surface area contributed by atoms with Gasteiger partial charge in [-0.25, -0.2) is 19.6 Å². The Hall–Kier alpha value is -2.58. The molecule has 0 aliphatic carbocycles. The third-order valence-electron chi connectivity index (χ3n) is 3.49. The highest BCUT2D eigenvalue weighted by Gasteiger charge is 2.17. The average Bonchev–Trinajstić information content (AvgIpc) is 2.65. The monoisotopic (exact) mass is 392 g/mol. The lowest BCUT2D eigenvalue weighted by Gasteiger charge is -2.09. The molecule has 0 aliphatic heterocycles. The number of nitrogens with zero attached hydrogens (tertiary/aromatic N) is 2. The summed E-state index contributed by atoms with van der Waals surface area (Å²) < 4.78 is 15.6. The van der Waals surface area contributed by atoms with Crippen molar-refractivity contribution in [1.82, 2.24) is 9.97 Å². The molecular weight excluding hydrogens is 380 g/mol. The number of carbonyl (C=O) groups excluding carboxylic acids is 1. The molecule has 0 unspecified atom stereocenters. The number of carbonyl (C=O) groups is 1. The third-order valence-corrected chi connectivity index (χ3v) is 4.33. The summed E-state index contributed by atoms with van der Waals surface area (Å²) >= 11 is 7.25. The molecule has 0 radical (unpaired) electrons. The Labute approximate surface area is 157 Å². The minimum absolute atomic E-state index is 0.0278. The molecule has 0 amide bonds. The maximum Gasteiger partial charge on any atom is 0.358 e. The number of fused-ring (bicyclic) bond motifs is 1. The van der Waals surface area contributed by atoms with Crippen molar-refractivity contribution in [2.75, 3.05) is 13.4 Å². The Morgan fingerprint density at radius 3 is 2.88 bits per heavy atom. The first-order valence-corrected chi connectivity index (χ1v) is 8.96. The number of thioether (sulfide) groups is 1.